The number of fused-ring (bicyclic) bond motifs is 1. The summed E-state index contributed by atoms with van der Waals surface area (Å²) in [5.74, 6) is -0.431. The standard InChI is InChI=1S/C14H12FN3O2/c1-8-13-11(7-12(19)17(8)2)16-18(14(13)20)10-5-3-4-9(15)6-10/h3-7,16H,1-2H3. The molecule has 20 heavy (non-hydrogen) atoms. The van der Waals surface area contributed by atoms with Gasteiger partial charge in [-0.2, -0.15) is 0 Å². The summed E-state index contributed by atoms with van der Waals surface area (Å²) in [5, 5.41) is 3.27. The third kappa shape index (κ3) is 1.69. The third-order valence-electron chi connectivity index (χ3n) is 3.45. The molecule has 0 aliphatic rings. The van der Waals surface area contributed by atoms with E-state index in [4.69, 9.17) is 0 Å². The second kappa shape index (κ2) is 4.19. The number of nitrogens with one attached hydrogen (secondary N) is 1. The van der Waals surface area contributed by atoms with Crippen LogP contribution in [0.5, 0.6) is 0 Å². The lowest BCUT2D eigenvalue weighted by Gasteiger charge is -2.01. The lowest BCUT2D eigenvalue weighted by molar-refractivity contribution is 0.625. The number of hydrogen-bond acceptors (Lipinski definition) is 2. The third-order valence-corrected chi connectivity index (χ3v) is 3.45. The summed E-state index contributed by atoms with van der Waals surface area (Å²) in [6.07, 6.45) is 0. The summed E-state index contributed by atoms with van der Waals surface area (Å²) >= 11 is 0. The van der Waals surface area contributed by atoms with Gasteiger partial charge in [0, 0.05) is 18.8 Å². The molecule has 0 amide bonds. The molecule has 1 N–H and O–H groups in total. The van der Waals surface area contributed by atoms with Gasteiger partial charge in [-0.1, -0.05) is 6.07 Å². The monoisotopic (exact) mass is 273 g/mol. The van der Waals surface area contributed by atoms with Gasteiger partial charge >= 0.3 is 0 Å². The highest BCUT2D eigenvalue weighted by Crippen LogP contribution is 2.13. The Morgan fingerprint density at radius 1 is 1.20 bits per heavy atom. The molecular formula is C14H12FN3O2. The van der Waals surface area contributed by atoms with E-state index in [9.17, 15) is 14.0 Å². The van der Waals surface area contributed by atoms with Gasteiger partial charge in [0.2, 0.25) is 0 Å². The Bertz CT molecular complexity index is 934. The molecule has 0 atom stereocenters. The highest BCUT2D eigenvalue weighted by Gasteiger charge is 2.13. The van der Waals surface area contributed by atoms with E-state index in [0.717, 1.165) is 0 Å². The zero-order chi connectivity index (χ0) is 14.4. The van der Waals surface area contributed by atoms with Crippen LogP contribution >= 0.6 is 0 Å². The first-order valence-corrected chi connectivity index (χ1v) is 6.06. The Balaban J connectivity index is 2.41. The van der Waals surface area contributed by atoms with E-state index >= 15 is 0 Å². The lowest BCUT2D eigenvalue weighted by Crippen LogP contribution is -2.20. The van der Waals surface area contributed by atoms with E-state index in [1.807, 2.05) is 0 Å². The van der Waals surface area contributed by atoms with Crippen LogP contribution in [-0.2, 0) is 7.05 Å². The van der Waals surface area contributed by atoms with Crippen molar-refractivity contribution < 1.29 is 4.39 Å². The van der Waals surface area contributed by atoms with Gasteiger partial charge in [-0.25, -0.2) is 9.07 Å². The maximum atomic E-state index is 13.3. The molecule has 0 saturated carbocycles. The highest BCUT2D eigenvalue weighted by molar-refractivity contribution is 5.80. The van der Waals surface area contributed by atoms with Gasteiger partial charge in [-0.3, -0.25) is 14.7 Å². The van der Waals surface area contributed by atoms with Gasteiger partial charge in [0.25, 0.3) is 11.1 Å². The molecule has 3 rings (SSSR count). The number of rotatable bonds is 1. The predicted molar refractivity (Wildman–Crippen MR) is 73.8 cm³/mol. The van der Waals surface area contributed by atoms with E-state index < -0.39 is 5.82 Å². The SMILES string of the molecule is Cc1c2c(=O)n(-c3cccc(F)c3)[nH]c2cc(=O)n1C. The molecule has 2 aromatic heterocycles. The molecule has 0 saturated heterocycles. The minimum absolute atomic E-state index is 0.206. The normalized spacial score (nSPS) is 11.2. The number of hydrogen-bond donors (Lipinski definition) is 1. The van der Waals surface area contributed by atoms with Crippen LogP contribution in [-0.4, -0.2) is 14.3 Å². The topological polar surface area (TPSA) is 59.8 Å². The Kier molecular flexibility index (Phi) is 2.60. The van der Waals surface area contributed by atoms with Gasteiger partial charge in [-0.05, 0) is 25.1 Å². The Hall–Kier alpha value is -2.63. The van der Waals surface area contributed by atoms with Crippen molar-refractivity contribution >= 4 is 10.9 Å². The summed E-state index contributed by atoms with van der Waals surface area (Å²) in [4.78, 5) is 24.2. The van der Waals surface area contributed by atoms with Crippen molar-refractivity contribution in [1.82, 2.24) is 14.3 Å². The smallest absolute Gasteiger partial charge is 0.280 e. The van der Waals surface area contributed by atoms with E-state index in [-0.39, 0.29) is 11.1 Å². The lowest BCUT2D eigenvalue weighted by atomic mass is 10.2. The molecule has 0 bridgehead atoms. The van der Waals surface area contributed by atoms with Crippen molar-refractivity contribution in [2.45, 2.75) is 6.92 Å². The maximum absolute atomic E-state index is 13.3. The van der Waals surface area contributed by atoms with Crippen LogP contribution in [0.1, 0.15) is 5.69 Å². The fraction of sp³-hybridized carbons (Fsp3) is 0.143. The fourth-order valence-electron chi connectivity index (χ4n) is 2.26. The van der Waals surface area contributed by atoms with Gasteiger partial charge in [-0.15, -0.1) is 0 Å². The van der Waals surface area contributed by atoms with Crippen molar-refractivity contribution in [2.75, 3.05) is 0 Å². The zero-order valence-electron chi connectivity index (χ0n) is 11.0. The fourth-order valence-corrected chi connectivity index (χ4v) is 2.26. The number of aryl methyl sites for hydroxylation is 1. The van der Waals surface area contributed by atoms with Crippen molar-refractivity contribution in [3.63, 3.8) is 0 Å². The molecule has 0 fully saturated rings. The maximum Gasteiger partial charge on any atom is 0.280 e. The molecule has 0 unspecified atom stereocenters. The molecule has 0 spiro atoms. The van der Waals surface area contributed by atoms with Gasteiger partial charge < -0.3 is 4.57 Å². The first-order chi connectivity index (χ1) is 9.49. The number of halogens is 1. The minimum atomic E-state index is -0.431. The largest absolute Gasteiger partial charge is 0.315 e. The summed E-state index contributed by atoms with van der Waals surface area (Å²) in [6, 6.07) is 7.06. The van der Waals surface area contributed by atoms with Crippen LogP contribution in [0.3, 0.4) is 0 Å². The number of nitrogens with zero attached hydrogens (tertiary/aromatic N) is 2. The zero-order valence-corrected chi connectivity index (χ0v) is 11.0. The molecule has 0 aliphatic carbocycles. The van der Waals surface area contributed by atoms with E-state index in [1.165, 1.54) is 33.5 Å². The minimum Gasteiger partial charge on any atom is -0.315 e. The molecule has 5 nitrogen and oxygen atoms in total. The van der Waals surface area contributed by atoms with E-state index in [1.54, 1.807) is 20.0 Å². The van der Waals surface area contributed by atoms with Crippen LogP contribution in [0.2, 0.25) is 0 Å². The molecule has 0 aliphatic heterocycles. The number of benzene rings is 1. The van der Waals surface area contributed by atoms with E-state index in [0.29, 0.717) is 22.3 Å². The van der Waals surface area contributed by atoms with E-state index in [2.05, 4.69) is 5.10 Å². The van der Waals surface area contributed by atoms with Crippen LogP contribution in [0, 0.1) is 12.7 Å². The van der Waals surface area contributed by atoms with Crippen molar-refractivity contribution in [2.24, 2.45) is 7.05 Å². The van der Waals surface area contributed by atoms with Crippen molar-refractivity contribution in [1.29, 1.82) is 0 Å². The van der Waals surface area contributed by atoms with Crippen molar-refractivity contribution in [3.05, 3.63) is 62.6 Å². The average molecular weight is 273 g/mol. The summed E-state index contributed by atoms with van der Waals surface area (Å²) in [7, 11) is 1.61. The van der Waals surface area contributed by atoms with Crippen LogP contribution in [0.15, 0.2) is 39.9 Å². The molecule has 3 aromatic rings. The second-order valence-corrected chi connectivity index (χ2v) is 4.65. The van der Waals surface area contributed by atoms with Gasteiger partial charge in [0.05, 0.1) is 16.6 Å². The first kappa shape index (κ1) is 12.4. The van der Waals surface area contributed by atoms with Crippen LogP contribution < -0.4 is 11.1 Å². The average Bonchev–Trinajstić information content (AvgIpc) is 2.73. The van der Waals surface area contributed by atoms with Crippen molar-refractivity contribution in [3.8, 4) is 5.69 Å². The number of H-pyrrole nitrogens is 1. The molecular weight excluding hydrogens is 261 g/mol. The van der Waals surface area contributed by atoms with Gasteiger partial charge in [0.15, 0.2) is 0 Å². The predicted octanol–water partition coefficient (Wildman–Crippen LogP) is 1.47. The summed E-state index contributed by atoms with van der Waals surface area (Å²) in [5.41, 5.74) is 0.894. The Morgan fingerprint density at radius 2 is 1.95 bits per heavy atom. The number of pyridine rings is 1. The molecule has 0 radical (unpaired) electrons. The van der Waals surface area contributed by atoms with Crippen LogP contribution in [0.4, 0.5) is 4.39 Å². The molecule has 6 heteroatoms. The molecule has 102 valence electrons. The highest BCUT2D eigenvalue weighted by atomic mass is 19.1. The van der Waals surface area contributed by atoms with Gasteiger partial charge in [0.1, 0.15) is 5.82 Å². The number of aromatic amines is 1. The molecule has 2 heterocycles. The molecule has 1 aromatic carbocycles. The van der Waals surface area contributed by atoms with Crippen LogP contribution in [0.25, 0.3) is 16.6 Å². The summed E-state index contributed by atoms with van der Waals surface area (Å²) in [6.45, 7) is 1.70. The number of aromatic nitrogens is 3. The second-order valence-electron chi connectivity index (χ2n) is 4.65. The first-order valence-electron chi connectivity index (χ1n) is 6.06. The quantitative estimate of drug-likeness (QED) is 0.729. The summed E-state index contributed by atoms with van der Waals surface area (Å²) < 4.78 is 15.9. The Morgan fingerprint density at radius 3 is 2.65 bits per heavy atom. The Labute approximate surface area is 112 Å².